The van der Waals surface area contributed by atoms with Gasteiger partial charge in [0, 0.05) is 0 Å². The summed E-state index contributed by atoms with van der Waals surface area (Å²) < 4.78 is 0. The van der Waals surface area contributed by atoms with E-state index < -0.39 is 0 Å². The second kappa shape index (κ2) is 9.65. The maximum absolute atomic E-state index is 9.50. The summed E-state index contributed by atoms with van der Waals surface area (Å²) in [4.78, 5) is 9.50. The monoisotopic (exact) mass is 116 g/mol. The van der Waals surface area contributed by atoms with Crippen LogP contribution in [0.2, 0.25) is 0 Å². The van der Waals surface area contributed by atoms with Gasteiger partial charge in [-0.2, -0.15) is 0 Å². The predicted octanol–water partition coefficient (Wildman–Crippen LogP) is 0.740. The van der Waals surface area contributed by atoms with E-state index in [1.807, 2.05) is 0 Å². The number of unbranched alkanes of at least 4 members (excludes halogenated alkanes) is 2. The van der Waals surface area contributed by atoms with Crippen LogP contribution in [0.5, 0.6) is 0 Å². The van der Waals surface area contributed by atoms with E-state index in [0.717, 1.165) is 19.3 Å². The van der Waals surface area contributed by atoms with E-state index in [-0.39, 0.29) is 5.48 Å². The Balaban J connectivity index is 0. The number of hydrogen-bond acceptors (Lipinski definition) is 1. The summed E-state index contributed by atoms with van der Waals surface area (Å²) in [7, 11) is 0. The molecular weight excluding hydrogens is 104 g/mol. The third kappa shape index (κ3) is 9.05. The summed E-state index contributed by atoms with van der Waals surface area (Å²) in [5.41, 5.74) is 0. The van der Waals surface area contributed by atoms with Crippen molar-refractivity contribution in [2.24, 2.45) is 0 Å². The van der Waals surface area contributed by atoms with Gasteiger partial charge in [-0.15, -0.1) is 0 Å². The molecule has 0 fully saturated rings. The van der Waals surface area contributed by atoms with Crippen LogP contribution in [0.15, 0.2) is 6.08 Å². The lowest BCUT2D eigenvalue weighted by molar-refractivity contribution is 0.567. The van der Waals surface area contributed by atoms with Crippen molar-refractivity contribution in [3.63, 3.8) is 0 Å². The molecule has 8 heavy (non-hydrogen) atoms. The van der Waals surface area contributed by atoms with E-state index in [4.69, 9.17) is 0 Å². The first-order valence-corrected chi connectivity index (χ1v) is 2.61. The van der Waals surface area contributed by atoms with Crippen molar-refractivity contribution in [1.82, 2.24) is 0 Å². The molecule has 0 amide bonds. The Morgan fingerprint density at radius 3 is 2.62 bits per heavy atom. The zero-order valence-corrected chi connectivity index (χ0v) is 5.11. The molecule has 0 aliphatic rings. The van der Waals surface area contributed by atoms with Crippen LogP contribution in [0.1, 0.15) is 26.2 Å². The molecule has 0 spiro atoms. The van der Waals surface area contributed by atoms with Gasteiger partial charge in [0.1, 0.15) is 5.94 Å². The molecule has 48 valence electrons. The molecule has 0 rings (SSSR count). The summed E-state index contributed by atoms with van der Waals surface area (Å²) in [5.74, 6) is 1.73. The minimum absolute atomic E-state index is 0. The first-order chi connectivity index (χ1) is 3.41. The molecule has 0 unspecified atom stereocenters. The van der Waals surface area contributed by atoms with Gasteiger partial charge in [-0.25, -0.2) is 4.79 Å². The minimum atomic E-state index is 0. The normalized spacial score (nSPS) is 6.62. The average molecular weight is 116 g/mol. The van der Waals surface area contributed by atoms with Gasteiger partial charge in [0.15, 0.2) is 0 Å². The zero-order valence-electron chi connectivity index (χ0n) is 5.11. The van der Waals surface area contributed by atoms with Gasteiger partial charge in [-0.05, 0) is 18.9 Å². The highest BCUT2D eigenvalue weighted by Gasteiger charge is 1.74. The van der Waals surface area contributed by atoms with E-state index in [9.17, 15) is 4.79 Å². The molecule has 0 bridgehead atoms. The quantitative estimate of drug-likeness (QED) is 0.396. The molecule has 0 aromatic rings. The highest BCUT2D eigenvalue weighted by atomic mass is 16.1. The Bertz CT molecular complexity index is 72.6. The van der Waals surface area contributed by atoms with E-state index in [2.05, 4.69) is 6.92 Å². The van der Waals surface area contributed by atoms with Crippen LogP contribution in [0, 0.1) is 0 Å². The third-order valence-electron chi connectivity index (χ3n) is 0.785. The molecule has 0 aliphatic carbocycles. The molecule has 0 aromatic carbocycles. The summed E-state index contributed by atoms with van der Waals surface area (Å²) in [5, 5.41) is 0. The van der Waals surface area contributed by atoms with Crippen molar-refractivity contribution < 1.29 is 10.3 Å². The maximum Gasteiger partial charge on any atom is 0.120 e. The maximum atomic E-state index is 9.50. The van der Waals surface area contributed by atoms with Gasteiger partial charge in [0.05, 0.1) is 0 Å². The van der Waals surface area contributed by atoms with Crippen LogP contribution in [0.3, 0.4) is 0 Å². The Kier molecular flexibility index (Phi) is 12.5. The number of allylic oxidation sites excluding steroid dienone is 1. The summed E-state index contributed by atoms with van der Waals surface area (Å²) in [6, 6.07) is 0. The van der Waals surface area contributed by atoms with Gasteiger partial charge in [-0.1, -0.05) is 13.3 Å². The van der Waals surface area contributed by atoms with E-state index in [1.165, 1.54) is 6.08 Å². The lowest BCUT2D eigenvalue weighted by Gasteiger charge is -1.80. The predicted molar refractivity (Wildman–Crippen MR) is 33.4 cm³/mol. The fourth-order valence-corrected chi connectivity index (χ4v) is 0.365. The fraction of sp³-hybridized carbons (Fsp3) is 0.667. The van der Waals surface area contributed by atoms with Crippen LogP contribution < -0.4 is 0 Å². The Labute approximate surface area is 49.5 Å². The van der Waals surface area contributed by atoms with Gasteiger partial charge in [0.2, 0.25) is 0 Å². The zero-order chi connectivity index (χ0) is 5.54. The molecule has 0 aliphatic heterocycles. The Hall–Kier alpha value is -0.590. The third-order valence-corrected chi connectivity index (χ3v) is 0.785. The molecule has 0 heterocycles. The Morgan fingerprint density at radius 2 is 2.25 bits per heavy atom. The van der Waals surface area contributed by atoms with Gasteiger partial charge >= 0.3 is 0 Å². The number of carbonyl (C=O) groups excluding carboxylic acids is 1. The summed E-state index contributed by atoms with van der Waals surface area (Å²) in [6.07, 6.45) is 4.68. The van der Waals surface area contributed by atoms with E-state index >= 15 is 0 Å². The Morgan fingerprint density at radius 1 is 1.62 bits per heavy atom. The van der Waals surface area contributed by atoms with Crippen molar-refractivity contribution in [2.75, 3.05) is 0 Å². The van der Waals surface area contributed by atoms with Gasteiger partial charge in [-0.3, -0.25) is 0 Å². The van der Waals surface area contributed by atoms with Crippen LogP contribution in [0.4, 0.5) is 0 Å². The number of rotatable bonds is 3. The number of hydrogen-bond donors (Lipinski definition) is 0. The van der Waals surface area contributed by atoms with E-state index in [0.29, 0.717) is 0 Å². The van der Waals surface area contributed by atoms with Crippen LogP contribution in [-0.4, -0.2) is 11.4 Å². The first kappa shape index (κ1) is 10.4. The van der Waals surface area contributed by atoms with Crippen molar-refractivity contribution in [1.29, 1.82) is 0 Å². The molecule has 0 saturated heterocycles. The SMILES string of the molecule is CCCCC=C=O.O. The standard InChI is InChI=1S/C6H10O.H2O/c1-2-3-4-5-6-7;/h5H,2-4H2,1H3;1H2. The van der Waals surface area contributed by atoms with E-state index in [1.54, 1.807) is 5.94 Å². The highest BCUT2D eigenvalue weighted by Crippen LogP contribution is 1.91. The lowest BCUT2D eigenvalue weighted by atomic mass is 10.2. The smallest absolute Gasteiger partial charge is 0.120 e. The van der Waals surface area contributed by atoms with Crippen molar-refractivity contribution in [3.05, 3.63) is 6.08 Å². The summed E-state index contributed by atoms with van der Waals surface area (Å²) in [6.45, 7) is 2.10. The molecule has 0 saturated carbocycles. The van der Waals surface area contributed by atoms with Crippen LogP contribution >= 0.6 is 0 Å². The van der Waals surface area contributed by atoms with Gasteiger partial charge in [0.25, 0.3) is 0 Å². The molecule has 2 heteroatoms. The van der Waals surface area contributed by atoms with Crippen molar-refractivity contribution >= 4 is 5.94 Å². The second-order valence-electron chi connectivity index (χ2n) is 1.46. The molecular formula is C6H12O2. The molecule has 2 N–H and O–H groups in total. The largest absolute Gasteiger partial charge is 0.412 e. The summed E-state index contributed by atoms with van der Waals surface area (Å²) >= 11 is 0. The van der Waals surface area contributed by atoms with Crippen LogP contribution in [0.25, 0.3) is 0 Å². The van der Waals surface area contributed by atoms with Crippen LogP contribution in [-0.2, 0) is 4.79 Å². The average Bonchev–Trinajstić information content (AvgIpc) is 1.69. The topological polar surface area (TPSA) is 48.6 Å². The second-order valence-corrected chi connectivity index (χ2v) is 1.46. The first-order valence-electron chi connectivity index (χ1n) is 2.61. The van der Waals surface area contributed by atoms with Crippen molar-refractivity contribution in [2.45, 2.75) is 26.2 Å². The molecule has 0 atom stereocenters. The van der Waals surface area contributed by atoms with Gasteiger partial charge < -0.3 is 5.48 Å². The molecule has 0 radical (unpaired) electrons. The molecule has 0 aromatic heterocycles. The molecule has 2 nitrogen and oxygen atoms in total. The highest BCUT2D eigenvalue weighted by molar-refractivity contribution is 5.44. The lowest BCUT2D eigenvalue weighted by Crippen LogP contribution is -1.64. The van der Waals surface area contributed by atoms with Crippen molar-refractivity contribution in [3.8, 4) is 0 Å². The minimum Gasteiger partial charge on any atom is -0.412 e. The fourth-order valence-electron chi connectivity index (χ4n) is 0.365.